The van der Waals surface area contributed by atoms with Crippen molar-refractivity contribution < 1.29 is 50.0 Å². The van der Waals surface area contributed by atoms with Crippen molar-refractivity contribution in [2.45, 2.75) is 57.2 Å². The molecule has 0 aliphatic rings. The lowest BCUT2D eigenvalue weighted by atomic mass is 9.96. The van der Waals surface area contributed by atoms with E-state index in [1.807, 2.05) is 0 Å². The third-order valence-corrected chi connectivity index (χ3v) is 6.12. The Labute approximate surface area is 252 Å². The van der Waals surface area contributed by atoms with Gasteiger partial charge in [0, 0.05) is 12.5 Å². The molecule has 3 rings (SSSR count). The first kappa shape index (κ1) is 34.7. The fraction of sp³-hybridized carbons (Fsp3) is 0.357. The minimum Gasteiger partial charge on any atom is -0.466 e. The van der Waals surface area contributed by atoms with Crippen molar-refractivity contribution in [1.29, 1.82) is 0 Å². The normalized spacial score (nSPS) is 13.4. The average molecular weight is 644 g/mol. The highest BCUT2D eigenvalue weighted by atomic mass is 19.4. The third-order valence-electron chi connectivity index (χ3n) is 6.12. The molecule has 242 valence electrons. The highest BCUT2D eigenvalue weighted by Gasteiger charge is 2.61. The van der Waals surface area contributed by atoms with Gasteiger partial charge in [-0.25, -0.2) is 4.98 Å². The number of benzene rings is 1. The summed E-state index contributed by atoms with van der Waals surface area (Å²) in [6, 6.07) is 7.99. The van der Waals surface area contributed by atoms with Crippen molar-refractivity contribution in [3.8, 4) is 11.6 Å². The summed E-state index contributed by atoms with van der Waals surface area (Å²) in [7, 11) is 0. The van der Waals surface area contributed by atoms with E-state index in [1.165, 1.54) is 24.3 Å². The highest BCUT2D eigenvalue weighted by molar-refractivity contribution is 5.70. The number of rotatable bonds is 15. The number of nitro groups is 1. The highest BCUT2D eigenvalue weighted by Crippen LogP contribution is 2.47. The summed E-state index contributed by atoms with van der Waals surface area (Å²) in [5, 5.41) is 21.0. The zero-order valence-electron chi connectivity index (χ0n) is 23.7. The van der Waals surface area contributed by atoms with E-state index in [2.05, 4.69) is 27.1 Å². The molecule has 0 amide bonds. The van der Waals surface area contributed by atoms with Gasteiger partial charge in [0.1, 0.15) is 11.4 Å². The van der Waals surface area contributed by atoms with Gasteiger partial charge in [0.15, 0.2) is 0 Å². The molecule has 0 aliphatic carbocycles. The number of esters is 1. The quantitative estimate of drug-likeness (QED) is 0.0591. The maximum absolute atomic E-state index is 14.7. The van der Waals surface area contributed by atoms with Crippen LogP contribution in [0.25, 0.3) is 11.6 Å². The van der Waals surface area contributed by atoms with Gasteiger partial charge in [0.05, 0.1) is 18.1 Å². The van der Waals surface area contributed by atoms with Crippen LogP contribution in [-0.2, 0) is 32.7 Å². The van der Waals surface area contributed by atoms with Crippen LogP contribution in [0, 0.1) is 10.1 Å². The molecule has 0 saturated carbocycles. The molecule has 0 aliphatic heterocycles. The van der Waals surface area contributed by atoms with Gasteiger partial charge in [0.25, 0.3) is 11.8 Å². The Morgan fingerprint density at radius 3 is 2.44 bits per heavy atom. The second-order valence-corrected chi connectivity index (χ2v) is 9.24. The fourth-order valence-corrected chi connectivity index (χ4v) is 3.93. The maximum atomic E-state index is 14.7. The molecule has 2 heterocycles. The number of alkyl halides is 6. The molecule has 1 N–H and O–H groups in total. The van der Waals surface area contributed by atoms with Crippen LogP contribution in [0.4, 0.5) is 37.8 Å². The number of pyridine rings is 1. The summed E-state index contributed by atoms with van der Waals surface area (Å²) < 4.78 is 101. The lowest BCUT2D eigenvalue weighted by Gasteiger charge is -2.32. The Morgan fingerprint density at radius 1 is 1.13 bits per heavy atom. The summed E-state index contributed by atoms with van der Waals surface area (Å²) in [5.74, 6) is -3.61. The minimum atomic E-state index is -5.16. The van der Waals surface area contributed by atoms with Gasteiger partial charge in [-0.15, -0.1) is 16.8 Å². The second-order valence-electron chi connectivity index (χ2n) is 9.24. The lowest BCUT2D eigenvalue weighted by Crippen LogP contribution is -2.45. The van der Waals surface area contributed by atoms with Gasteiger partial charge in [-0.1, -0.05) is 42.5 Å². The largest absolute Gasteiger partial charge is 0.466 e. The number of ether oxygens (including phenoxy) is 2. The number of hydrogen-bond donors (Lipinski definition) is 1. The predicted octanol–water partition coefficient (Wildman–Crippen LogP) is 7.27. The number of allylic oxidation sites excluding steroid dienone is 2. The lowest BCUT2D eigenvalue weighted by molar-refractivity contribution is -0.384. The molecule has 3 aromatic rings. The Kier molecular flexibility index (Phi) is 11.4. The smallest absolute Gasteiger partial charge is 0.426 e. The van der Waals surface area contributed by atoms with E-state index in [0.717, 1.165) is 6.20 Å². The first-order valence-electron chi connectivity index (χ1n) is 13.3. The molecule has 17 heteroatoms. The van der Waals surface area contributed by atoms with E-state index in [1.54, 1.807) is 25.1 Å². The molecule has 11 nitrogen and oxygen atoms in total. The molecular weight excluding hydrogens is 616 g/mol. The number of nitrogens with one attached hydrogen (secondary N) is 1. The summed E-state index contributed by atoms with van der Waals surface area (Å²) in [6.45, 7) is 4.62. The van der Waals surface area contributed by atoms with Crippen LogP contribution in [-0.4, -0.2) is 38.9 Å². The molecule has 0 fully saturated rings. The molecule has 0 radical (unpaired) electrons. The topological polar surface area (TPSA) is 143 Å². The molecule has 1 aromatic carbocycles. The Bertz CT molecular complexity index is 1510. The van der Waals surface area contributed by atoms with Crippen LogP contribution in [0.3, 0.4) is 0 Å². The predicted molar refractivity (Wildman–Crippen MR) is 146 cm³/mol. The van der Waals surface area contributed by atoms with Gasteiger partial charge in [-0.05, 0) is 37.9 Å². The first-order valence-corrected chi connectivity index (χ1v) is 13.3. The molecule has 0 spiro atoms. The summed E-state index contributed by atoms with van der Waals surface area (Å²) in [6.07, 6.45) is -7.84. The number of hydrogen-bond acceptors (Lipinski definition) is 10. The zero-order chi connectivity index (χ0) is 33.3. The SMILES string of the molecule is C=CCCC(OCc1ccccc1)(c1nnc(-c2nc(NC=CCCC(=O)OCC)c(C(F)(F)F)cc2[N+](=O)[O-])o1)C(F)(F)F. The molecule has 0 bridgehead atoms. The molecule has 1 unspecified atom stereocenters. The van der Waals surface area contributed by atoms with Crippen LogP contribution < -0.4 is 5.32 Å². The van der Waals surface area contributed by atoms with Crippen LogP contribution >= 0.6 is 0 Å². The number of nitrogens with zero attached hydrogens (tertiary/aromatic N) is 4. The Hall–Kier alpha value is -4.80. The van der Waals surface area contributed by atoms with E-state index in [0.29, 0.717) is 5.56 Å². The molecular formula is C28H27F6N5O6. The Morgan fingerprint density at radius 2 is 1.84 bits per heavy atom. The standard InChI is InChI=1S/C28H27F6N5O6/c1-3-5-14-26(28(32,33)34,44-17-18-11-7-6-8-12-18)25-38-37-24(45-25)22-20(39(41)42)16-19(27(29,30)31)23(36-22)35-15-10-9-13-21(40)43-4-2/h3,6-8,10-12,15-16H,1,4-5,9,13-14,17H2,2H3,(H,35,36). The van der Waals surface area contributed by atoms with E-state index in [4.69, 9.17) is 13.9 Å². The van der Waals surface area contributed by atoms with Crippen molar-refractivity contribution in [2.24, 2.45) is 0 Å². The van der Waals surface area contributed by atoms with E-state index in [9.17, 15) is 41.3 Å². The summed E-state index contributed by atoms with van der Waals surface area (Å²) in [4.78, 5) is 25.7. The Balaban J connectivity index is 2.08. The molecule has 2 aromatic heterocycles. The van der Waals surface area contributed by atoms with Gasteiger partial charge in [0.2, 0.25) is 11.3 Å². The van der Waals surface area contributed by atoms with Crippen molar-refractivity contribution in [3.63, 3.8) is 0 Å². The zero-order valence-corrected chi connectivity index (χ0v) is 23.7. The van der Waals surface area contributed by atoms with Crippen molar-refractivity contribution >= 4 is 17.5 Å². The number of halogens is 6. The first-order chi connectivity index (χ1) is 21.2. The number of carbonyl (C=O) groups excluding carboxylic acids is 1. The molecule has 1 atom stereocenters. The summed E-state index contributed by atoms with van der Waals surface area (Å²) in [5.41, 5.74) is -6.60. The van der Waals surface area contributed by atoms with Gasteiger partial charge >= 0.3 is 24.0 Å². The minimum absolute atomic E-state index is 0.0628. The average Bonchev–Trinajstić information content (AvgIpc) is 3.47. The van der Waals surface area contributed by atoms with Crippen LogP contribution in [0.15, 0.2) is 65.7 Å². The van der Waals surface area contributed by atoms with E-state index >= 15 is 0 Å². The fourth-order valence-electron chi connectivity index (χ4n) is 3.93. The third kappa shape index (κ3) is 8.65. The van der Waals surface area contributed by atoms with Gasteiger partial charge < -0.3 is 19.2 Å². The number of anilines is 1. The van der Waals surface area contributed by atoms with Crippen LogP contribution in [0.1, 0.15) is 49.6 Å². The van der Waals surface area contributed by atoms with Crippen LogP contribution in [0.2, 0.25) is 0 Å². The molecule has 0 saturated heterocycles. The monoisotopic (exact) mass is 643 g/mol. The van der Waals surface area contributed by atoms with Crippen molar-refractivity contribution in [2.75, 3.05) is 11.9 Å². The maximum Gasteiger partial charge on any atom is 0.426 e. The van der Waals surface area contributed by atoms with E-state index in [-0.39, 0.29) is 31.9 Å². The summed E-state index contributed by atoms with van der Waals surface area (Å²) >= 11 is 0. The molecule has 45 heavy (non-hydrogen) atoms. The van der Waals surface area contributed by atoms with Gasteiger partial charge in [-0.2, -0.15) is 26.3 Å². The van der Waals surface area contributed by atoms with Crippen molar-refractivity contribution in [3.05, 3.63) is 88.5 Å². The second kappa shape index (κ2) is 14.8. The van der Waals surface area contributed by atoms with Crippen molar-refractivity contribution in [1.82, 2.24) is 15.2 Å². The van der Waals surface area contributed by atoms with Gasteiger partial charge in [-0.3, -0.25) is 14.9 Å². The van der Waals surface area contributed by atoms with E-state index < -0.39 is 76.4 Å². The van der Waals surface area contributed by atoms with Crippen LogP contribution in [0.5, 0.6) is 0 Å². The number of aromatic nitrogens is 3. The number of carbonyl (C=O) groups is 1.